The molecule has 0 spiro atoms. The van der Waals surface area contributed by atoms with Crippen molar-refractivity contribution in [2.75, 3.05) is 6.61 Å². The Kier molecular flexibility index (Phi) is 4.32. The Morgan fingerprint density at radius 2 is 1.73 bits per heavy atom. The average molecular weight is 320 g/mol. The summed E-state index contributed by atoms with van der Waals surface area (Å²) in [4.78, 5) is 22.9. The molecule has 0 bridgehead atoms. The first kappa shape index (κ1) is 18.3. The van der Waals surface area contributed by atoms with Crippen LogP contribution in [0.1, 0.15) is 34.6 Å². The summed E-state index contributed by atoms with van der Waals surface area (Å²) in [6, 6.07) is 0. The van der Waals surface area contributed by atoms with Crippen molar-refractivity contribution in [1.82, 2.24) is 0 Å². The summed E-state index contributed by atoms with van der Waals surface area (Å²) in [5, 5.41) is 9.59. The lowest BCUT2D eigenvalue weighted by Gasteiger charge is -2.30. The van der Waals surface area contributed by atoms with Gasteiger partial charge in [-0.2, -0.15) is 13.2 Å². The van der Waals surface area contributed by atoms with Crippen LogP contribution < -0.4 is 0 Å². The lowest BCUT2D eigenvalue weighted by Crippen LogP contribution is -2.35. The lowest BCUT2D eigenvalue weighted by atomic mass is 9.72. The van der Waals surface area contributed by atoms with Gasteiger partial charge in [0.05, 0.1) is 5.41 Å². The molecule has 1 aliphatic carbocycles. The third-order valence-corrected chi connectivity index (χ3v) is 4.29. The highest BCUT2D eigenvalue weighted by atomic mass is 19.4. The van der Waals surface area contributed by atoms with Crippen LogP contribution in [0.5, 0.6) is 0 Å². The van der Waals surface area contributed by atoms with Gasteiger partial charge in [0.2, 0.25) is 0 Å². The van der Waals surface area contributed by atoms with Crippen LogP contribution in [0.25, 0.3) is 0 Å². The van der Waals surface area contributed by atoms with E-state index in [9.17, 15) is 27.9 Å². The number of hydrogen-bond donors (Lipinski definition) is 1. The number of carboxylic acid groups (broad SMARTS) is 1. The van der Waals surface area contributed by atoms with Crippen molar-refractivity contribution >= 4 is 11.9 Å². The highest BCUT2D eigenvalue weighted by Gasteiger charge is 2.80. The molecule has 1 aliphatic rings. The zero-order valence-electron chi connectivity index (χ0n) is 13.1. The van der Waals surface area contributed by atoms with Gasteiger partial charge in [-0.15, -0.1) is 0 Å². The molecule has 0 aromatic rings. The first-order valence-corrected chi connectivity index (χ1v) is 6.66. The fourth-order valence-electron chi connectivity index (χ4n) is 3.49. The Morgan fingerprint density at radius 3 is 2.05 bits per heavy atom. The largest absolute Gasteiger partial charge is 0.481 e. The van der Waals surface area contributed by atoms with Crippen LogP contribution in [0.3, 0.4) is 0 Å². The highest BCUT2D eigenvalue weighted by Crippen LogP contribution is 2.75. The van der Waals surface area contributed by atoms with Crippen LogP contribution in [0.2, 0.25) is 0 Å². The summed E-state index contributed by atoms with van der Waals surface area (Å²) in [5.74, 6) is 1.48. The molecule has 1 rings (SSSR count). The summed E-state index contributed by atoms with van der Waals surface area (Å²) in [7, 11) is 0. The Bertz CT molecular complexity index is 546. The number of halogens is 3. The molecule has 1 N–H and O–H groups in total. The average Bonchev–Trinajstić information content (AvgIpc) is 2.80. The number of ether oxygens (including phenoxy) is 1. The molecule has 4 nitrogen and oxygen atoms in total. The molecule has 124 valence electrons. The molecule has 0 heterocycles. The molecule has 0 amide bonds. The Labute approximate surface area is 127 Å². The van der Waals surface area contributed by atoms with E-state index in [0.717, 1.165) is 0 Å². The van der Waals surface area contributed by atoms with Crippen molar-refractivity contribution in [3.63, 3.8) is 0 Å². The van der Waals surface area contributed by atoms with Gasteiger partial charge >= 0.3 is 18.1 Å². The van der Waals surface area contributed by atoms with E-state index in [-0.39, 0.29) is 0 Å². The van der Waals surface area contributed by atoms with E-state index in [4.69, 9.17) is 0 Å². The van der Waals surface area contributed by atoms with E-state index < -0.39 is 46.9 Å². The lowest BCUT2D eigenvalue weighted by molar-refractivity contribution is -0.182. The summed E-state index contributed by atoms with van der Waals surface area (Å²) < 4.78 is 39.8. The highest BCUT2D eigenvalue weighted by molar-refractivity contribution is 5.90. The maximum absolute atomic E-state index is 11.9. The Morgan fingerprint density at radius 1 is 1.23 bits per heavy atom. The first-order chi connectivity index (χ1) is 9.68. The van der Waals surface area contributed by atoms with E-state index >= 15 is 0 Å². The summed E-state index contributed by atoms with van der Waals surface area (Å²) >= 11 is 0. The third-order valence-electron chi connectivity index (χ3n) is 4.29. The monoisotopic (exact) mass is 320 g/mol. The van der Waals surface area contributed by atoms with Gasteiger partial charge in [-0.3, -0.25) is 4.79 Å². The van der Waals surface area contributed by atoms with Crippen molar-refractivity contribution in [2.24, 2.45) is 22.2 Å². The molecular formula is C15H19F3O4. The molecule has 0 saturated heterocycles. The predicted molar refractivity (Wildman–Crippen MR) is 71.6 cm³/mol. The molecule has 0 unspecified atom stereocenters. The summed E-state index contributed by atoms with van der Waals surface area (Å²) in [6.07, 6.45) is -4.62. The van der Waals surface area contributed by atoms with Gasteiger partial charge in [-0.25, -0.2) is 4.79 Å². The van der Waals surface area contributed by atoms with Crippen molar-refractivity contribution < 1.29 is 32.6 Å². The minimum atomic E-state index is -4.62. The smallest absolute Gasteiger partial charge is 0.422 e. The maximum atomic E-state index is 11.9. The number of carbonyl (C=O) groups is 2. The van der Waals surface area contributed by atoms with Crippen LogP contribution in [-0.2, 0) is 14.3 Å². The fourth-order valence-corrected chi connectivity index (χ4v) is 3.49. The van der Waals surface area contributed by atoms with Gasteiger partial charge < -0.3 is 9.84 Å². The van der Waals surface area contributed by atoms with Gasteiger partial charge in [-0.1, -0.05) is 40.5 Å². The number of esters is 1. The van der Waals surface area contributed by atoms with Crippen LogP contribution in [0.15, 0.2) is 0 Å². The zero-order chi connectivity index (χ0) is 17.6. The number of carbonyl (C=O) groups excluding carboxylic acids is 1. The van der Waals surface area contributed by atoms with Crippen LogP contribution in [0.4, 0.5) is 13.2 Å². The van der Waals surface area contributed by atoms with Crippen molar-refractivity contribution in [1.29, 1.82) is 0 Å². The number of aliphatic carboxylic acids is 1. The Hall–Kier alpha value is -1.71. The van der Waals surface area contributed by atoms with E-state index in [0.29, 0.717) is 0 Å². The fraction of sp³-hybridized carbons (Fsp3) is 0.733. The molecule has 7 heteroatoms. The minimum Gasteiger partial charge on any atom is -0.481 e. The topological polar surface area (TPSA) is 63.6 Å². The summed E-state index contributed by atoms with van der Waals surface area (Å²) in [6.45, 7) is 6.99. The standard InChI is InChI=1S/C15H19F3O4/c1-12(2,3)15(11(20)21)9(13(15,4)5)6-7-10(19)22-8-14(16,17)18/h9H,8H2,1-5H3,(H,20,21)/t9-,15+/m0/s1. The van der Waals surface area contributed by atoms with E-state index in [2.05, 4.69) is 10.7 Å². The molecule has 1 saturated carbocycles. The predicted octanol–water partition coefficient (Wildman–Crippen LogP) is 2.87. The van der Waals surface area contributed by atoms with Crippen molar-refractivity contribution in [3.05, 3.63) is 0 Å². The second-order valence-corrected chi connectivity index (χ2v) is 6.98. The number of carboxylic acids is 1. The Balaban J connectivity index is 2.95. The number of alkyl halides is 3. The third kappa shape index (κ3) is 2.92. The van der Waals surface area contributed by atoms with Gasteiger partial charge in [0.1, 0.15) is 0 Å². The number of hydrogen-bond acceptors (Lipinski definition) is 3. The van der Waals surface area contributed by atoms with E-state index in [1.807, 2.05) is 5.92 Å². The SMILES string of the molecule is CC(C)(C)[C@]1(C(=O)O)[C@@H](C#CC(=O)OCC(F)(F)F)C1(C)C. The molecule has 2 atom stereocenters. The van der Waals surface area contributed by atoms with Gasteiger partial charge in [0.25, 0.3) is 0 Å². The van der Waals surface area contributed by atoms with Gasteiger partial charge in [-0.05, 0) is 10.8 Å². The second kappa shape index (κ2) is 5.18. The van der Waals surface area contributed by atoms with Gasteiger partial charge in [0, 0.05) is 11.8 Å². The van der Waals surface area contributed by atoms with Gasteiger partial charge in [0.15, 0.2) is 6.61 Å². The second-order valence-electron chi connectivity index (χ2n) is 6.98. The quantitative estimate of drug-likeness (QED) is 0.483. The minimum absolute atomic E-state index is 0.627. The molecule has 1 fully saturated rings. The van der Waals surface area contributed by atoms with Crippen LogP contribution in [0, 0.1) is 34.0 Å². The van der Waals surface area contributed by atoms with Crippen LogP contribution in [-0.4, -0.2) is 29.8 Å². The first-order valence-electron chi connectivity index (χ1n) is 6.66. The van der Waals surface area contributed by atoms with E-state index in [1.54, 1.807) is 34.6 Å². The molecule has 22 heavy (non-hydrogen) atoms. The van der Waals surface area contributed by atoms with E-state index in [1.165, 1.54) is 0 Å². The maximum Gasteiger partial charge on any atom is 0.422 e. The van der Waals surface area contributed by atoms with Crippen molar-refractivity contribution in [3.8, 4) is 11.8 Å². The molecule has 0 aliphatic heterocycles. The molecule has 0 aromatic heterocycles. The molecule has 0 aromatic carbocycles. The zero-order valence-corrected chi connectivity index (χ0v) is 13.1. The molecule has 0 radical (unpaired) electrons. The van der Waals surface area contributed by atoms with Crippen molar-refractivity contribution in [2.45, 2.75) is 40.8 Å². The molecular weight excluding hydrogens is 301 g/mol. The number of rotatable bonds is 2. The van der Waals surface area contributed by atoms with Crippen LogP contribution >= 0.6 is 0 Å². The normalized spacial score (nSPS) is 26.6. The summed E-state index contributed by atoms with van der Waals surface area (Å²) in [5.41, 5.74) is -2.50.